The Hall–Kier alpha value is -2.93. The van der Waals surface area contributed by atoms with Gasteiger partial charge in [-0.1, -0.05) is 12.1 Å². The normalized spacial score (nSPS) is 15.9. The van der Waals surface area contributed by atoms with Crippen molar-refractivity contribution in [1.82, 2.24) is 19.8 Å². The van der Waals surface area contributed by atoms with Crippen LogP contribution in [-0.2, 0) is 11.3 Å². The molecule has 7 nitrogen and oxygen atoms in total. The molecule has 1 amide bonds. The lowest BCUT2D eigenvalue weighted by molar-refractivity contribution is -0.121. The number of carbonyl (C=O) groups is 1. The summed E-state index contributed by atoms with van der Waals surface area (Å²) in [5, 5.41) is 2.97. The van der Waals surface area contributed by atoms with Crippen LogP contribution in [0.4, 0.5) is 0 Å². The summed E-state index contributed by atoms with van der Waals surface area (Å²) in [6.45, 7) is 2.40. The fourth-order valence-electron chi connectivity index (χ4n) is 3.63. The van der Waals surface area contributed by atoms with Crippen LogP contribution in [0.2, 0.25) is 0 Å². The number of benzene rings is 1. The van der Waals surface area contributed by atoms with Gasteiger partial charge in [0, 0.05) is 6.54 Å². The first kappa shape index (κ1) is 17.5. The quantitative estimate of drug-likeness (QED) is 0.721. The highest BCUT2D eigenvalue weighted by Gasteiger charge is 2.26. The number of rotatable bonds is 6. The maximum atomic E-state index is 12.6. The minimum absolute atomic E-state index is 0.0114. The Labute approximate surface area is 156 Å². The summed E-state index contributed by atoms with van der Waals surface area (Å²) < 4.78 is 7.03. The lowest BCUT2D eigenvalue weighted by Gasteiger charge is -2.26. The number of likely N-dealkylation sites (tertiary alicyclic amines) is 1. The molecule has 0 aliphatic carbocycles. The average molecular weight is 366 g/mol. The molecule has 2 aromatic heterocycles. The maximum absolute atomic E-state index is 12.6. The van der Waals surface area contributed by atoms with Crippen LogP contribution in [0.25, 0.3) is 11.0 Å². The highest BCUT2D eigenvalue weighted by Crippen LogP contribution is 2.24. The summed E-state index contributed by atoms with van der Waals surface area (Å²) in [6, 6.07) is 11.1. The van der Waals surface area contributed by atoms with E-state index >= 15 is 0 Å². The summed E-state index contributed by atoms with van der Waals surface area (Å²) in [5.41, 5.74) is 1.06. The lowest BCUT2D eigenvalue weighted by Crippen LogP contribution is -2.39. The molecule has 27 heavy (non-hydrogen) atoms. The van der Waals surface area contributed by atoms with E-state index in [1.54, 1.807) is 12.3 Å². The first-order valence-corrected chi connectivity index (χ1v) is 9.21. The Bertz CT molecular complexity index is 974. The molecule has 1 atom stereocenters. The SMILES string of the molecule is O=C(Cn1c(=O)cnc2ccccc21)NC[C@H](c1ccco1)N1CCCC1. The van der Waals surface area contributed by atoms with Crippen LogP contribution in [0.15, 0.2) is 58.1 Å². The number of nitrogens with zero attached hydrogens (tertiary/aromatic N) is 3. The molecule has 1 aromatic carbocycles. The van der Waals surface area contributed by atoms with Gasteiger partial charge in [-0.2, -0.15) is 0 Å². The van der Waals surface area contributed by atoms with Crippen LogP contribution in [0.3, 0.4) is 0 Å². The standard InChI is InChI=1S/C20H22N4O3/c25-19(14-24-16-7-2-1-6-15(16)21-13-20(24)26)22-12-17(18-8-5-11-27-18)23-9-3-4-10-23/h1-2,5-8,11,13,17H,3-4,9-10,12,14H2,(H,22,25)/t17-/m1/s1. The van der Waals surface area contributed by atoms with Crippen molar-refractivity contribution in [2.75, 3.05) is 19.6 Å². The molecule has 1 N–H and O–H groups in total. The highest BCUT2D eigenvalue weighted by molar-refractivity contribution is 5.79. The van der Waals surface area contributed by atoms with Crippen molar-refractivity contribution < 1.29 is 9.21 Å². The Morgan fingerprint density at radius 3 is 2.78 bits per heavy atom. The maximum Gasteiger partial charge on any atom is 0.269 e. The topological polar surface area (TPSA) is 80.4 Å². The van der Waals surface area contributed by atoms with Gasteiger partial charge >= 0.3 is 0 Å². The van der Waals surface area contributed by atoms with E-state index in [1.807, 2.05) is 30.3 Å². The summed E-state index contributed by atoms with van der Waals surface area (Å²) in [5.74, 6) is 0.646. The van der Waals surface area contributed by atoms with Crippen LogP contribution in [0, 0.1) is 0 Å². The average Bonchev–Trinajstić information content (AvgIpc) is 3.39. The van der Waals surface area contributed by atoms with E-state index in [0.717, 1.165) is 31.7 Å². The van der Waals surface area contributed by atoms with E-state index in [0.29, 0.717) is 17.6 Å². The third-order valence-electron chi connectivity index (χ3n) is 5.00. The van der Waals surface area contributed by atoms with Gasteiger partial charge in [0.15, 0.2) is 0 Å². The van der Waals surface area contributed by atoms with Crippen molar-refractivity contribution in [3.8, 4) is 0 Å². The second-order valence-electron chi connectivity index (χ2n) is 6.75. The van der Waals surface area contributed by atoms with Gasteiger partial charge in [0.2, 0.25) is 5.91 Å². The van der Waals surface area contributed by atoms with Crippen molar-refractivity contribution in [2.45, 2.75) is 25.4 Å². The van der Waals surface area contributed by atoms with Crippen molar-refractivity contribution in [3.05, 3.63) is 65.0 Å². The van der Waals surface area contributed by atoms with E-state index in [9.17, 15) is 9.59 Å². The molecule has 3 aromatic rings. The minimum atomic E-state index is -0.286. The van der Waals surface area contributed by atoms with Gasteiger partial charge < -0.3 is 9.73 Å². The van der Waals surface area contributed by atoms with Gasteiger partial charge in [0.05, 0.1) is 29.5 Å². The zero-order chi connectivity index (χ0) is 18.6. The molecule has 0 radical (unpaired) electrons. The van der Waals surface area contributed by atoms with Gasteiger partial charge in [-0.3, -0.25) is 19.1 Å². The summed E-state index contributed by atoms with van der Waals surface area (Å²) in [6.07, 6.45) is 5.22. The predicted molar refractivity (Wildman–Crippen MR) is 101 cm³/mol. The van der Waals surface area contributed by atoms with E-state index in [2.05, 4.69) is 15.2 Å². The van der Waals surface area contributed by atoms with Gasteiger partial charge in [-0.25, -0.2) is 4.98 Å². The molecule has 1 fully saturated rings. The van der Waals surface area contributed by atoms with Crippen LogP contribution in [0.1, 0.15) is 24.6 Å². The number of aromatic nitrogens is 2. The van der Waals surface area contributed by atoms with Crippen LogP contribution in [0.5, 0.6) is 0 Å². The molecule has 0 bridgehead atoms. The van der Waals surface area contributed by atoms with E-state index < -0.39 is 0 Å². The van der Waals surface area contributed by atoms with Crippen LogP contribution in [-0.4, -0.2) is 40.0 Å². The van der Waals surface area contributed by atoms with Crippen LogP contribution < -0.4 is 10.9 Å². The summed E-state index contributed by atoms with van der Waals surface area (Å²) in [4.78, 5) is 31.2. The zero-order valence-corrected chi connectivity index (χ0v) is 15.0. The third kappa shape index (κ3) is 3.78. The van der Waals surface area contributed by atoms with Gasteiger partial charge in [0.1, 0.15) is 12.3 Å². The molecule has 1 saturated heterocycles. The summed E-state index contributed by atoms with van der Waals surface area (Å²) >= 11 is 0. The minimum Gasteiger partial charge on any atom is -0.468 e. The molecular weight excluding hydrogens is 344 g/mol. The number of hydrogen-bond acceptors (Lipinski definition) is 5. The smallest absolute Gasteiger partial charge is 0.269 e. The Morgan fingerprint density at radius 1 is 1.19 bits per heavy atom. The fraction of sp³-hybridized carbons (Fsp3) is 0.350. The van der Waals surface area contributed by atoms with E-state index in [1.165, 1.54) is 10.8 Å². The molecule has 7 heteroatoms. The predicted octanol–water partition coefficient (Wildman–Crippen LogP) is 1.94. The second-order valence-corrected chi connectivity index (χ2v) is 6.75. The Morgan fingerprint density at radius 2 is 2.00 bits per heavy atom. The Balaban J connectivity index is 1.48. The third-order valence-corrected chi connectivity index (χ3v) is 5.00. The number of carbonyl (C=O) groups excluding carboxylic acids is 1. The van der Waals surface area contributed by atoms with Crippen molar-refractivity contribution in [3.63, 3.8) is 0 Å². The molecule has 4 rings (SSSR count). The summed E-state index contributed by atoms with van der Waals surface area (Å²) in [7, 11) is 0. The molecule has 140 valence electrons. The van der Waals surface area contributed by atoms with Crippen molar-refractivity contribution in [2.24, 2.45) is 0 Å². The van der Waals surface area contributed by atoms with Gasteiger partial charge in [-0.05, 0) is 50.2 Å². The highest BCUT2D eigenvalue weighted by atomic mass is 16.3. The molecule has 0 spiro atoms. The van der Waals surface area contributed by atoms with Crippen LogP contribution >= 0.6 is 0 Å². The fourth-order valence-corrected chi connectivity index (χ4v) is 3.63. The zero-order valence-electron chi connectivity index (χ0n) is 15.0. The molecule has 0 unspecified atom stereocenters. The molecule has 3 heterocycles. The molecular formula is C20H22N4O3. The molecule has 1 aliphatic heterocycles. The van der Waals surface area contributed by atoms with E-state index in [-0.39, 0.29) is 24.1 Å². The van der Waals surface area contributed by atoms with Crippen molar-refractivity contribution >= 4 is 16.9 Å². The molecule has 1 aliphatic rings. The van der Waals surface area contributed by atoms with Crippen molar-refractivity contribution in [1.29, 1.82) is 0 Å². The number of fused-ring (bicyclic) bond motifs is 1. The largest absolute Gasteiger partial charge is 0.468 e. The first-order valence-electron chi connectivity index (χ1n) is 9.21. The number of furan rings is 1. The van der Waals surface area contributed by atoms with E-state index in [4.69, 9.17) is 4.42 Å². The number of amides is 1. The lowest BCUT2D eigenvalue weighted by atomic mass is 10.2. The molecule has 0 saturated carbocycles. The Kier molecular flexibility index (Phi) is 5.02. The van der Waals surface area contributed by atoms with Gasteiger partial charge in [0.25, 0.3) is 5.56 Å². The number of nitrogens with one attached hydrogen (secondary N) is 1. The second kappa shape index (κ2) is 7.75. The first-order chi connectivity index (χ1) is 13.2. The van der Waals surface area contributed by atoms with Gasteiger partial charge in [-0.15, -0.1) is 0 Å². The monoisotopic (exact) mass is 366 g/mol. The number of hydrogen-bond donors (Lipinski definition) is 1. The number of para-hydroxylation sites is 2.